The molecule has 0 saturated carbocycles. The first-order chi connectivity index (χ1) is 6.36. The Balaban J connectivity index is 2.73. The standard InChI is InChI=1S/C9H12N2O2/c1-13-6-8-3-2-4-9(5-8)10-7-11-12/h2-5,7,12H,6H2,1H3,(H,10,11). The zero-order valence-electron chi connectivity index (χ0n) is 7.40. The topological polar surface area (TPSA) is 53.8 Å². The van der Waals surface area contributed by atoms with E-state index < -0.39 is 0 Å². The van der Waals surface area contributed by atoms with Crippen LogP contribution >= 0.6 is 0 Å². The first-order valence-corrected chi connectivity index (χ1v) is 3.87. The van der Waals surface area contributed by atoms with Gasteiger partial charge in [-0.1, -0.05) is 12.1 Å². The summed E-state index contributed by atoms with van der Waals surface area (Å²) in [4.78, 5) is 3.93. The van der Waals surface area contributed by atoms with E-state index in [2.05, 4.69) is 4.99 Å². The van der Waals surface area contributed by atoms with Gasteiger partial charge in [0.1, 0.15) is 6.34 Å². The lowest BCUT2D eigenvalue weighted by molar-refractivity contribution is 0.185. The molecule has 13 heavy (non-hydrogen) atoms. The van der Waals surface area contributed by atoms with Gasteiger partial charge >= 0.3 is 0 Å². The Morgan fingerprint density at radius 3 is 3.15 bits per heavy atom. The summed E-state index contributed by atoms with van der Waals surface area (Å²) in [6.07, 6.45) is 1.21. The molecule has 4 heteroatoms. The molecular weight excluding hydrogens is 168 g/mol. The number of ether oxygens (including phenoxy) is 1. The number of aliphatic imine (C=N–C) groups is 1. The van der Waals surface area contributed by atoms with Crippen LogP contribution in [-0.4, -0.2) is 18.7 Å². The third-order valence-electron chi connectivity index (χ3n) is 1.49. The summed E-state index contributed by atoms with van der Waals surface area (Å²) in [5.41, 5.74) is 3.67. The van der Waals surface area contributed by atoms with Gasteiger partial charge in [-0.3, -0.25) is 10.7 Å². The molecule has 0 aliphatic carbocycles. The lowest BCUT2D eigenvalue weighted by atomic mass is 10.2. The molecule has 0 heterocycles. The van der Waals surface area contributed by atoms with Crippen LogP contribution in [0.4, 0.5) is 5.69 Å². The Labute approximate surface area is 76.8 Å². The predicted molar refractivity (Wildman–Crippen MR) is 50.2 cm³/mol. The number of nitrogens with zero attached hydrogens (tertiary/aromatic N) is 1. The van der Waals surface area contributed by atoms with E-state index in [0.717, 1.165) is 11.3 Å². The van der Waals surface area contributed by atoms with E-state index in [1.54, 1.807) is 7.11 Å². The van der Waals surface area contributed by atoms with Gasteiger partial charge in [0.15, 0.2) is 0 Å². The van der Waals surface area contributed by atoms with Crippen molar-refractivity contribution in [2.24, 2.45) is 4.99 Å². The van der Waals surface area contributed by atoms with Crippen molar-refractivity contribution in [1.29, 1.82) is 0 Å². The molecule has 0 aliphatic heterocycles. The highest BCUT2D eigenvalue weighted by Gasteiger charge is 1.92. The van der Waals surface area contributed by atoms with Gasteiger partial charge in [0, 0.05) is 7.11 Å². The number of nitrogens with one attached hydrogen (secondary N) is 1. The lowest BCUT2D eigenvalue weighted by Gasteiger charge is -1.99. The average Bonchev–Trinajstić information content (AvgIpc) is 2.16. The fraction of sp³-hybridized carbons (Fsp3) is 0.222. The zero-order valence-corrected chi connectivity index (χ0v) is 7.40. The average molecular weight is 180 g/mol. The highest BCUT2D eigenvalue weighted by Crippen LogP contribution is 2.13. The molecule has 0 atom stereocenters. The highest BCUT2D eigenvalue weighted by molar-refractivity contribution is 5.59. The van der Waals surface area contributed by atoms with Crippen LogP contribution in [0.25, 0.3) is 0 Å². The molecule has 0 saturated heterocycles. The molecule has 0 fully saturated rings. The summed E-state index contributed by atoms with van der Waals surface area (Å²) in [5.74, 6) is 0. The van der Waals surface area contributed by atoms with Crippen LogP contribution in [0, 0.1) is 0 Å². The number of methoxy groups -OCH3 is 1. The fourth-order valence-corrected chi connectivity index (χ4v) is 0.997. The third kappa shape index (κ3) is 3.23. The number of hydrogen-bond donors (Lipinski definition) is 2. The maximum absolute atomic E-state index is 8.28. The largest absolute Gasteiger partial charge is 0.380 e. The van der Waals surface area contributed by atoms with Crippen LogP contribution in [0.1, 0.15) is 5.56 Å². The lowest BCUT2D eigenvalue weighted by Crippen LogP contribution is -2.00. The second-order valence-electron chi connectivity index (χ2n) is 2.49. The smallest absolute Gasteiger partial charge is 0.113 e. The maximum atomic E-state index is 8.28. The minimum atomic E-state index is 0.565. The van der Waals surface area contributed by atoms with Gasteiger partial charge < -0.3 is 4.74 Å². The second-order valence-corrected chi connectivity index (χ2v) is 2.49. The van der Waals surface area contributed by atoms with Crippen LogP contribution in [0.15, 0.2) is 29.3 Å². The van der Waals surface area contributed by atoms with Crippen molar-refractivity contribution in [2.45, 2.75) is 6.61 Å². The summed E-state index contributed by atoms with van der Waals surface area (Å²) < 4.78 is 4.97. The summed E-state index contributed by atoms with van der Waals surface area (Å²) in [6.45, 7) is 0.565. The zero-order chi connectivity index (χ0) is 9.52. The summed E-state index contributed by atoms with van der Waals surface area (Å²) in [7, 11) is 1.64. The molecule has 0 radical (unpaired) electrons. The molecular formula is C9H12N2O2. The number of hydroxylamine groups is 1. The minimum Gasteiger partial charge on any atom is -0.380 e. The molecule has 0 amide bonds. The molecule has 1 aromatic rings. The van der Waals surface area contributed by atoms with E-state index in [1.165, 1.54) is 6.34 Å². The van der Waals surface area contributed by atoms with Gasteiger partial charge in [0.2, 0.25) is 0 Å². The van der Waals surface area contributed by atoms with Crippen molar-refractivity contribution in [3.05, 3.63) is 29.8 Å². The first-order valence-electron chi connectivity index (χ1n) is 3.87. The second kappa shape index (κ2) is 5.29. The number of rotatable bonds is 4. The van der Waals surface area contributed by atoms with Crippen LogP contribution in [0.5, 0.6) is 0 Å². The number of hydrogen-bond acceptors (Lipinski definition) is 3. The van der Waals surface area contributed by atoms with E-state index in [1.807, 2.05) is 29.7 Å². The SMILES string of the molecule is COCc1cccc(N=CNO)c1. The van der Waals surface area contributed by atoms with Gasteiger partial charge in [-0.2, -0.15) is 0 Å². The van der Waals surface area contributed by atoms with E-state index in [0.29, 0.717) is 6.61 Å². The quantitative estimate of drug-likeness (QED) is 0.419. The number of benzene rings is 1. The van der Waals surface area contributed by atoms with Gasteiger partial charge in [-0.25, -0.2) is 4.99 Å². The Hall–Kier alpha value is -1.39. The fourth-order valence-electron chi connectivity index (χ4n) is 0.997. The molecule has 0 spiro atoms. The van der Waals surface area contributed by atoms with E-state index >= 15 is 0 Å². The van der Waals surface area contributed by atoms with Gasteiger partial charge in [0.25, 0.3) is 0 Å². The summed E-state index contributed by atoms with van der Waals surface area (Å²) in [6, 6.07) is 7.57. The van der Waals surface area contributed by atoms with E-state index in [9.17, 15) is 0 Å². The van der Waals surface area contributed by atoms with Crippen molar-refractivity contribution < 1.29 is 9.94 Å². The van der Waals surface area contributed by atoms with Gasteiger partial charge in [-0.05, 0) is 17.7 Å². The molecule has 0 bridgehead atoms. The van der Waals surface area contributed by atoms with Gasteiger partial charge in [0.05, 0.1) is 12.3 Å². The van der Waals surface area contributed by atoms with Gasteiger partial charge in [-0.15, -0.1) is 0 Å². The normalized spacial score (nSPS) is 10.6. The maximum Gasteiger partial charge on any atom is 0.113 e. The Bertz CT molecular complexity index is 287. The van der Waals surface area contributed by atoms with Crippen molar-refractivity contribution in [3.8, 4) is 0 Å². The Morgan fingerprint density at radius 2 is 2.46 bits per heavy atom. The monoisotopic (exact) mass is 180 g/mol. The molecule has 0 aromatic heterocycles. The summed E-state index contributed by atoms with van der Waals surface area (Å²) >= 11 is 0. The summed E-state index contributed by atoms with van der Waals surface area (Å²) in [5, 5.41) is 8.28. The highest BCUT2D eigenvalue weighted by atomic mass is 16.5. The van der Waals surface area contributed by atoms with E-state index in [4.69, 9.17) is 9.94 Å². The predicted octanol–water partition coefficient (Wildman–Crippen LogP) is 1.47. The molecule has 0 aliphatic rings. The van der Waals surface area contributed by atoms with Crippen LogP contribution in [0.2, 0.25) is 0 Å². The van der Waals surface area contributed by atoms with Crippen molar-refractivity contribution in [2.75, 3.05) is 7.11 Å². The van der Waals surface area contributed by atoms with E-state index in [-0.39, 0.29) is 0 Å². The molecule has 70 valence electrons. The molecule has 4 nitrogen and oxygen atoms in total. The Kier molecular flexibility index (Phi) is 3.95. The Morgan fingerprint density at radius 1 is 1.62 bits per heavy atom. The first kappa shape index (κ1) is 9.70. The molecule has 0 unspecified atom stereocenters. The molecule has 1 rings (SSSR count). The van der Waals surface area contributed by atoms with Crippen LogP contribution in [-0.2, 0) is 11.3 Å². The molecule has 1 aromatic carbocycles. The van der Waals surface area contributed by atoms with Crippen molar-refractivity contribution in [3.63, 3.8) is 0 Å². The van der Waals surface area contributed by atoms with Crippen molar-refractivity contribution >= 4 is 12.0 Å². The van der Waals surface area contributed by atoms with Crippen LogP contribution < -0.4 is 5.48 Å². The minimum absolute atomic E-state index is 0.565. The third-order valence-corrected chi connectivity index (χ3v) is 1.49. The van der Waals surface area contributed by atoms with Crippen molar-refractivity contribution in [1.82, 2.24) is 5.48 Å². The van der Waals surface area contributed by atoms with Crippen LogP contribution in [0.3, 0.4) is 0 Å². The molecule has 2 N–H and O–H groups in total.